The molecule has 1 amide bonds. The van der Waals surface area contributed by atoms with Crippen LogP contribution in [0.2, 0.25) is 0 Å². The Hall–Kier alpha value is -2.39. The van der Waals surface area contributed by atoms with Crippen molar-refractivity contribution in [2.45, 2.75) is 32.9 Å². The molecule has 2 heterocycles. The van der Waals surface area contributed by atoms with Gasteiger partial charge in [0.05, 0.1) is 11.0 Å². The minimum absolute atomic E-state index is 0.385. The van der Waals surface area contributed by atoms with Crippen LogP contribution in [-0.4, -0.2) is 38.9 Å². The smallest absolute Gasteiger partial charge is 0.404 e. The van der Waals surface area contributed by atoms with Crippen LogP contribution in [0.5, 0.6) is 0 Å². The Kier molecular flexibility index (Phi) is 6.12. The van der Waals surface area contributed by atoms with Crippen LogP contribution < -0.4 is 11.1 Å². The number of amides is 1. The number of pyridine rings is 1. The van der Waals surface area contributed by atoms with Crippen molar-refractivity contribution in [2.75, 3.05) is 18.9 Å². The number of carboxylic acid groups (broad SMARTS) is 1. The second-order valence-corrected chi connectivity index (χ2v) is 7.03. The molecule has 0 saturated heterocycles. The Morgan fingerprint density at radius 1 is 1.37 bits per heavy atom. The molecule has 144 valence electrons. The van der Waals surface area contributed by atoms with Crippen molar-refractivity contribution >= 4 is 49.8 Å². The van der Waals surface area contributed by atoms with Gasteiger partial charge in [0.1, 0.15) is 17.9 Å². The molecule has 1 aromatic carbocycles. The largest absolute Gasteiger partial charge is 0.465 e. The number of aromatic nitrogens is 3. The van der Waals surface area contributed by atoms with E-state index in [1.54, 1.807) is 0 Å². The standard InChI is InChI=1S/C18H22BrN5O3/c1-2-27-10-14-23-15-16(24(14)8-4-3-7-21-18(25)26)12-6-5-11(19)9-13(12)22-17(15)20/h5-6,9,21H,2-4,7-8,10H2,1H3,(H2,20,22)(H,25,26). The first-order valence-electron chi connectivity index (χ1n) is 8.79. The molecule has 0 fully saturated rings. The lowest BCUT2D eigenvalue weighted by atomic mass is 10.2. The maximum absolute atomic E-state index is 10.6. The lowest BCUT2D eigenvalue weighted by Crippen LogP contribution is -2.22. The lowest BCUT2D eigenvalue weighted by Gasteiger charge is -2.11. The van der Waals surface area contributed by atoms with Gasteiger partial charge in [-0.2, -0.15) is 0 Å². The minimum atomic E-state index is -1.00. The maximum atomic E-state index is 10.6. The Bertz CT molecular complexity index is 973. The number of halogens is 1. The first-order valence-corrected chi connectivity index (χ1v) is 9.59. The Morgan fingerprint density at radius 2 is 2.19 bits per heavy atom. The Morgan fingerprint density at radius 3 is 2.93 bits per heavy atom. The molecule has 0 aliphatic rings. The molecular weight excluding hydrogens is 414 g/mol. The molecule has 3 rings (SSSR count). The fraction of sp³-hybridized carbons (Fsp3) is 0.389. The van der Waals surface area contributed by atoms with E-state index in [-0.39, 0.29) is 0 Å². The van der Waals surface area contributed by atoms with Gasteiger partial charge in [-0.15, -0.1) is 0 Å². The van der Waals surface area contributed by atoms with Crippen LogP contribution in [0.4, 0.5) is 10.6 Å². The number of benzene rings is 1. The summed E-state index contributed by atoms with van der Waals surface area (Å²) in [5.41, 5.74) is 8.58. The highest BCUT2D eigenvalue weighted by molar-refractivity contribution is 9.10. The fourth-order valence-corrected chi connectivity index (χ4v) is 3.41. The predicted octanol–water partition coefficient (Wildman–Crippen LogP) is 3.51. The highest BCUT2D eigenvalue weighted by Gasteiger charge is 2.17. The zero-order valence-corrected chi connectivity index (χ0v) is 16.6. The SMILES string of the molecule is CCOCc1nc2c(N)nc3cc(Br)ccc3c2n1CCCCNC(=O)O. The lowest BCUT2D eigenvalue weighted by molar-refractivity contribution is 0.126. The molecule has 2 aromatic heterocycles. The zero-order chi connectivity index (χ0) is 19.4. The summed E-state index contributed by atoms with van der Waals surface area (Å²) in [5.74, 6) is 1.18. The van der Waals surface area contributed by atoms with Gasteiger partial charge in [0.15, 0.2) is 5.82 Å². The van der Waals surface area contributed by atoms with E-state index in [2.05, 4.69) is 35.8 Å². The summed E-state index contributed by atoms with van der Waals surface area (Å²) in [4.78, 5) is 19.7. The average Bonchev–Trinajstić information content (AvgIpc) is 2.98. The molecule has 0 spiro atoms. The van der Waals surface area contributed by atoms with Gasteiger partial charge < -0.3 is 25.5 Å². The van der Waals surface area contributed by atoms with Crippen LogP contribution in [0.25, 0.3) is 21.9 Å². The Balaban J connectivity index is 2.01. The first kappa shape index (κ1) is 19.4. The third-order valence-electron chi connectivity index (χ3n) is 4.27. The number of anilines is 1. The number of rotatable bonds is 8. The van der Waals surface area contributed by atoms with Crippen molar-refractivity contribution in [1.29, 1.82) is 0 Å². The third kappa shape index (κ3) is 4.30. The number of imidazole rings is 1. The molecule has 0 aliphatic carbocycles. The van der Waals surface area contributed by atoms with Crippen molar-refractivity contribution in [3.63, 3.8) is 0 Å². The van der Waals surface area contributed by atoms with Gasteiger partial charge >= 0.3 is 6.09 Å². The first-order chi connectivity index (χ1) is 13.0. The molecule has 27 heavy (non-hydrogen) atoms. The van der Waals surface area contributed by atoms with E-state index in [4.69, 9.17) is 15.6 Å². The third-order valence-corrected chi connectivity index (χ3v) is 4.76. The zero-order valence-electron chi connectivity index (χ0n) is 15.0. The Labute approximate surface area is 164 Å². The van der Waals surface area contributed by atoms with Crippen LogP contribution >= 0.6 is 15.9 Å². The van der Waals surface area contributed by atoms with Gasteiger partial charge in [-0.25, -0.2) is 14.8 Å². The summed E-state index contributed by atoms with van der Waals surface area (Å²) in [6, 6.07) is 5.90. The number of carbonyl (C=O) groups is 1. The minimum Gasteiger partial charge on any atom is -0.465 e. The highest BCUT2D eigenvalue weighted by Crippen LogP contribution is 2.31. The summed E-state index contributed by atoms with van der Waals surface area (Å²) < 4.78 is 8.62. The molecule has 0 radical (unpaired) electrons. The van der Waals surface area contributed by atoms with E-state index in [0.717, 1.165) is 39.6 Å². The van der Waals surface area contributed by atoms with Gasteiger partial charge in [-0.1, -0.05) is 15.9 Å². The molecule has 3 aromatic rings. The fourth-order valence-electron chi connectivity index (χ4n) is 3.07. The van der Waals surface area contributed by atoms with Crippen LogP contribution in [0.3, 0.4) is 0 Å². The van der Waals surface area contributed by atoms with E-state index < -0.39 is 6.09 Å². The summed E-state index contributed by atoms with van der Waals surface area (Å²) in [5, 5.41) is 12.0. The average molecular weight is 436 g/mol. The predicted molar refractivity (Wildman–Crippen MR) is 108 cm³/mol. The van der Waals surface area contributed by atoms with Crippen molar-refractivity contribution in [2.24, 2.45) is 0 Å². The van der Waals surface area contributed by atoms with E-state index in [9.17, 15) is 4.79 Å². The van der Waals surface area contributed by atoms with Crippen LogP contribution in [0.1, 0.15) is 25.6 Å². The number of ether oxygens (including phenoxy) is 1. The van der Waals surface area contributed by atoms with E-state index in [1.807, 2.05) is 25.1 Å². The van der Waals surface area contributed by atoms with Gasteiger partial charge in [0.25, 0.3) is 0 Å². The number of fused-ring (bicyclic) bond motifs is 3. The molecule has 0 unspecified atom stereocenters. The quantitative estimate of drug-likeness (QED) is 0.466. The normalized spacial score (nSPS) is 11.3. The topological polar surface area (TPSA) is 115 Å². The molecule has 0 aliphatic heterocycles. The summed E-state index contributed by atoms with van der Waals surface area (Å²) >= 11 is 3.47. The van der Waals surface area contributed by atoms with E-state index >= 15 is 0 Å². The van der Waals surface area contributed by atoms with Gasteiger partial charge in [0, 0.05) is 29.6 Å². The number of nitrogens with zero attached hydrogens (tertiary/aromatic N) is 3. The molecule has 4 N–H and O–H groups in total. The van der Waals surface area contributed by atoms with Gasteiger partial charge in [0.2, 0.25) is 0 Å². The number of nitrogen functional groups attached to an aromatic ring is 1. The molecular formula is C18H22BrN5O3. The summed E-state index contributed by atoms with van der Waals surface area (Å²) in [6.07, 6.45) is 0.519. The maximum Gasteiger partial charge on any atom is 0.404 e. The summed E-state index contributed by atoms with van der Waals surface area (Å²) in [6.45, 7) is 4.02. The van der Waals surface area contributed by atoms with E-state index in [0.29, 0.717) is 37.6 Å². The van der Waals surface area contributed by atoms with Crippen LogP contribution in [0.15, 0.2) is 22.7 Å². The number of hydrogen-bond acceptors (Lipinski definition) is 5. The van der Waals surface area contributed by atoms with Crippen LogP contribution in [-0.2, 0) is 17.9 Å². The van der Waals surface area contributed by atoms with Gasteiger partial charge in [-0.05, 0) is 38.0 Å². The molecule has 0 bridgehead atoms. The van der Waals surface area contributed by atoms with Crippen molar-refractivity contribution in [1.82, 2.24) is 19.9 Å². The second-order valence-electron chi connectivity index (χ2n) is 6.11. The van der Waals surface area contributed by atoms with Crippen molar-refractivity contribution < 1.29 is 14.6 Å². The van der Waals surface area contributed by atoms with Crippen molar-refractivity contribution in [3.05, 3.63) is 28.5 Å². The van der Waals surface area contributed by atoms with E-state index in [1.165, 1.54) is 0 Å². The summed E-state index contributed by atoms with van der Waals surface area (Å²) in [7, 11) is 0. The number of unbranched alkanes of at least 4 members (excludes halogenated alkanes) is 1. The monoisotopic (exact) mass is 435 g/mol. The molecule has 9 heteroatoms. The van der Waals surface area contributed by atoms with Gasteiger partial charge in [-0.3, -0.25) is 0 Å². The number of nitrogens with one attached hydrogen (secondary N) is 1. The molecule has 0 saturated carbocycles. The second kappa shape index (κ2) is 8.53. The van der Waals surface area contributed by atoms with Crippen molar-refractivity contribution in [3.8, 4) is 0 Å². The number of nitrogens with two attached hydrogens (primary N) is 1. The highest BCUT2D eigenvalue weighted by atomic mass is 79.9. The number of hydrogen-bond donors (Lipinski definition) is 3. The van der Waals surface area contributed by atoms with Crippen LogP contribution in [0, 0.1) is 0 Å². The number of aryl methyl sites for hydroxylation is 1. The molecule has 8 nitrogen and oxygen atoms in total. The molecule has 0 atom stereocenters.